The summed E-state index contributed by atoms with van der Waals surface area (Å²) >= 11 is 0. The maximum Gasteiger partial charge on any atom is 0.129 e. The Hall–Kier alpha value is -2.63. The zero-order valence-electron chi connectivity index (χ0n) is 9.85. The van der Waals surface area contributed by atoms with Gasteiger partial charge in [-0.25, -0.2) is 0 Å². The summed E-state index contributed by atoms with van der Waals surface area (Å²) in [5.41, 5.74) is 8.72. The van der Waals surface area contributed by atoms with Gasteiger partial charge in [-0.05, 0) is 6.07 Å². The highest BCUT2D eigenvalue weighted by Crippen LogP contribution is 2.29. The predicted molar refractivity (Wildman–Crippen MR) is 68.0 cm³/mol. The fourth-order valence-electron chi connectivity index (χ4n) is 1.87. The minimum atomic E-state index is 0.620. The van der Waals surface area contributed by atoms with Gasteiger partial charge < -0.3 is 5.73 Å². The third-order valence-electron chi connectivity index (χ3n) is 2.81. The summed E-state index contributed by atoms with van der Waals surface area (Å²) in [4.78, 5) is 1.57. The van der Waals surface area contributed by atoms with E-state index in [1.807, 2.05) is 31.3 Å². The van der Waals surface area contributed by atoms with E-state index in [-0.39, 0.29) is 0 Å². The second-order valence-electron chi connectivity index (χ2n) is 3.90. The molecule has 3 aromatic rings. The molecule has 1 aromatic carbocycles. The van der Waals surface area contributed by atoms with Crippen molar-refractivity contribution < 1.29 is 0 Å². The summed E-state index contributed by atoms with van der Waals surface area (Å²) in [6.45, 7) is 0. The van der Waals surface area contributed by atoms with Crippen LogP contribution >= 0.6 is 0 Å². The van der Waals surface area contributed by atoms with Crippen LogP contribution in [0.3, 0.4) is 0 Å². The Bertz CT molecular complexity index is 668. The first-order chi connectivity index (χ1) is 8.77. The van der Waals surface area contributed by atoms with Crippen molar-refractivity contribution >= 4 is 5.82 Å². The molecule has 0 bridgehead atoms. The highest BCUT2D eigenvalue weighted by molar-refractivity contribution is 5.79. The fraction of sp³-hybridized carbons (Fsp3) is 0.0833. The summed E-state index contributed by atoms with van der Waals surface area (Å²) in [6, 6.07) is 7.82. The van der Waals surface area contributed by atoms with Gasteiger partial charge in [0.1, 0.15) is 5.82 Å². The van der Waals surface area contributed by atoms with E-state index < -0.39 is 0 Å². The monoisotopic (exact) mass is 240 g/mol. The van der Waals surface area contributed by atoms with Crippen molar-refractivity contribution in [1.29, 1.82) is 0 Å². The quantitative estimate of drug-likeness (QED) is 0.731. The van der Waals surface area contributed by atoms with Gasteiger partial charge in [0, 0.05) is 18.2 Å². The molecule has 0 atom stereocenters. The molecule has 0 aliphatic carbocycles. The van der Waals surface area contributed by atoms with E-state index in [0.29, 0.717) is 5.82 Å². The third kappa shape index (κ3) is 1.55. The topological polar surface area (TPSA) is 74.5 Å². The molecule has 2 N–H and O–H groups in total. The highest BCUT2D eigenvalue weighted by Gasteiger charge is 2.13. The molecular formula is C12H12N6. The molecule has 3 rings (SSSR count). The Morgan fingerprint density at radius 1 is 1.00 bits per heavy atom. The van der Waals surface area contributed by atoms with Crippen LogP contribution in [0.25, 0.3) is 16.8 Å². The van der Waals surface area contributed by atoms with Gasteiger partial charge in [-0.15, -0.1) is 0 Å². The maximum atomic E-state index is 6.01. The van der Waals surface area contributed by atoms with Crippen LogP contribution in [-0.4, -0.2) is 24.8 Å². The summed E-state index contributed by atoms with van der Waals surface area (Å²) in [5, 5.41) is 12.4. The number of nitrogens with zero attached hydrogens (tertiary/aromatic N) is 5. The summed E-state index contributed by atoms with van der Waals surface area (Å²) < 4.78 is 1.64. The number of nitrogens with two attached hydrogens (primary N) is 1. The van der Waals surface area contributed by atoms with Gasteiger partial charge in [-0.2, -0.15) is 20.1 Å². The Morgan fingerprint density at radius 2 is 1.72 bits per heavy atom. The normalized spacial score (nSPS) is 10.7. The molecule has 0 fully saturated rings. The zero-order chi connectivity index (χ0) is 12.5. The van der Waals surface area contributed by atoms with Gasteiger partial charge in [0.2, 0.25) is 0 Å². The van der Waals surface area contributed by atoms with Crippen molar-refractivity contribution in [2.45, 2.75) is 0 Å². The Kier molecular flexibility index (Phi) is 2.33. The van der Waals surface area contributed by atoms with Crippen LogP contribution in [0.15, 0.2) is 42.9 Å². The van der Waals surface area contributed by atoms with Crippen molar-refractivity contribution in [3.05, 3.63) is 42.9 Å². The fourth-order valence-corrected chi connectivity index (χ4v) is 1.87. The average Bonchev–Trinajstić information content (AvgIpc) is 3.02. The van der Waals surface area contributed by atoms with Gasteiger partial charge in [-0.3, -0.25) is 4.68 Å². The van der Waals surface area contributed by atoms with Crippen LogP contribution in [-0.2, 0) is 7.05 Å². The SMILES string of the molecule is Cn1ncc(-c2ccccc2-n2nccn2)c1N. The minimum Gasteiger partial charge on any atom is -0.383 e. The van der Waals surface area contributed by atoms with E-state index in [4.69, 9.17) is 5.73 Å². The first-order valence-corrected chi connectivity index (χ1v) is 5.51. The molecule has 0 spiro atoms. The summed E-state index contributed by atoms with van der Waals surface area (Å²) in [6.07, 6.45) is 5.03. The number of aromatic nitrogens is 5. The molecule has 0 saturated heterocycles. The summed E-state index contributed by atoms with van der Waals surface area (Å²) in [7, 11) is 1.81. The smallest absolute Gasteiger partial charge is 0.129 e. The van der Waals surface area contributed by atoms with Gasteiger partial charge in [0.15, 0.2) is 0 Å². The molecular weight excluding hydrogens is 228 g/mol. The van der Waals surface area contributed by atoms with Crippen molar-refractivity contribution in [3.63, 3.8) is 0 Å². The predicted octanol–water partition coefficient (Wildman–Crippen LogP) is 1.25. The first-order valence-electron chi connectivity index (χ1n) is 5.51. The van der Waals surface area contributed by atoms with E-state index in [2.05, 4.69) is 15.3 Å². The number of hydrogen-bond acceptors (Lipinski definition) is 4. The first kappa shape index (κ1) is 10.5. The Labute approximate surface area is 104 Å². The number of rotatable bonds is 2. The van der Waals surface area contributed by atoms with Gasteiger partial charge in [0.05, 0.1) is 24.3 Å². The lowest BCUT2D eigenvalue weighted by atomic mass is 10.1. The van der Waals surface area contributed by atoms with E-state index in [0.717, 1.165) is 16.8 Å². The van der Waals surface area contributed by atoms with E-state index in [1.165, 1.54) is 0 Å². The van der Waals surface area contributed by atoms with Crippen LogP contribution < -0.4 is 5.73 Å². The summed E-state index contributed by atoms with van der Waals surface area (Å²) in [5.74, 6) is 0.620. The molecule has 90 valence electrons. The van der Waals surface area contributed by atoms with E-state index >= 15 is 0 Å². The number of hydrogen-bond donors (Lipinski definition) is 1. The van der Waals surface area contributed by atoms with Gasteiger partial charge >= 0.3 is 0 Å². The molecule has 0 saturated carbocycles. The molecule has 0 aliphatic rings. The average molecular weight is 240 g/mol. The van der Waals surface area contributed by atoms with Gasteiger partial charge in [0.25, 0.3) is 0 Å². The number of aryl methyl sites for hydroxylation is 1. The molecule has 6 heteroatoms. The second-order valence-corrected chi connectivity index (χ2v) is 3.90. The lowest BCUT2D eigenvalue weighted by Gasteiger charge is -2.07. The van der Waals surface area contributed by atoms with E-state index in [9.17, 15) is 0 Å². The Balaban J connectivity index is 2.22. The van der Waals surface area contributed by atoms with Crippen LogP contribution in [0.4, 0.5) is 5.82 Å². The standard InChI is InChI=1S/C12H12N6/c1-17-12(13)10(8-16-17)9-4-2-3-5-11(9)18-14-6-7-15-18/h2-8H,13H2,1H3. The van der Waals surface area contributed by atoms with Crippen molar-refractivity contribution in [1.82, 2.24) is 24.8 Å². The molecule has 0 radical (unpaired) electrons. The largest absolute Gasteiger partial charge is 0.383 e. The van der Waals surface area contributed by atoms with Crippen LogP contribution in [0, 0.1) is 0 Å². The van der Waals surface area contributed by atoms with Gasteiger partial charge in [-0.1, -0.05) is 18.2 Å². The van der Waals surface area contributed by atoms with Crippen molar-refractivity contribution in [3.8, 4) is 16.8 Å². The lowest BCUT2D eigenvalue weighted by Crippen LogP contribution is -2.02. The van der Waals surface area contributed by atoms with Crippen LogP contribution in [0.2, 0.25) is 0 Å². The molecule has 0 amide bonds. The number of anilines is 1. The van der Waals surface area contributed by atoms with Crippen molar-refractivity contribution in [2.75, 3.05) is 5.73 Å². The van der Waals surface area contributed by atoms with Crippen molar-refractivity contribution in [2.24, 2.45) is 7.05 Å². The van der Waals surface area contributed by atoms with Crippen LogP contribution in [0.5, 0.6) is 0 Å². The highest BCUT2D eigenvalue weighted by atomic mass is 15.5. The minimum absolute atomic E-state index is 0.620. The number of para-hydroxylation sites is 1. The molecule has 6 nitrogen and oxygen atoms in total. The molecule has 18 heavy (non-hydrogen) atoms. The molecule has 0 unspecified atom stereocenters. The lowest BCUT2D eigenvalue weighted by molar-refractivity contribution is 0.753. The maximum absolute atomic E-state index is 6.01. The van der Waals surface area contributed by atoms with E-state index in [1.54, 1.807) is 28.1 Å². The molecule has 2 heterocycles. The molecule has 2 aromatic heterocycles. The number of nitrogen functional groups attached to an aromatic ring is 1. The Morgan fingerprint density at radius 3 is 2.39 bits per heavy atom. The number of benzene rings is 1. The van der Waals surface area contributed by atoms with Crippen LogP contribution in [0.1, 0.15) is 0 Å². The third-order valence-corrected chi connectivity index (χ3v) is 2.81. The molecule has 0 aliphatic heterocycles. The second kappa shape index (κ2) is 3.99. The zero-order valence-corrected chi connectivity index (χ0v) is 9.85.